The lowest BCUT2D eigenvalue weighted by molar-refractivity contribution is 0.0584. The maximum absolute atomic E-state index is 12.1. The Morgan fingerprint density at radius 1 is 1.44 bits per heavy atom. The summed E-state index contributed by atoms with van der Waals surface area (Å²) in [6.07, 6.45) is 0.587. The molecule has 0 bridgehead atoms. The van der Waals surface area contributed by atoms with Crippen LogP contribution in [0.1, 0.15) is 31.9 Å². The SMILES string of the molecule is CC(C)(C)OC(=O)N1CCc2cc(CN)ccc21. The van der Waals surface area contributed by atoms with Crippen LogP contribution in [0.5, 0.6) is 0 Å². The quantitative estimate of drug-likeness (QED) is 0.830. The van der Waals surface area contributed by atoms with E-state index in [2.05, 4.69) is 6.07 Å². The smallest absolute Gasteiger partial charge is 0.414 e. The fourth-order valence-electron chi connectivity index (χ4n) is 2.09. The topological polar surface area (TPSA) is 55.6 Å². The van der Waals surface area contributed by atoms with Crippen LogP contribution in [-0.2, 0) is 17.7 Å². The summed E-state index contributed by atoms with van der Waals surface area (Å²) in [5.41, 5.74) is 8.37. The standard InChI is InChI=1S/C14H20N2O2/c1-14(2,3)18-13(17)16-7-6-11-8-10(9-15)4-5-12(11)16/h4-5,8H,6-7,9,15H2,1-3H3. The van der Waals surface area contributed by atoms with Crippen LogP contribution in [0.4, 0.5) is 10.5 Å². The molecule has 4 heteroatoms. The van der Waals surface area contributed by atoms with E-state index in [1.165, 1.54) is 5.56 Å². The van der Waals surface area contributed by atoms with Gasteiger partial charge in [-0.25, -0.2) is 4.79 Å². The van der Waals surface area contributed by atoms with Crippen LogP contribution >= 0.6 is 0 Å². The number of rotatable bonds is 1. The molecule has 1 aliphatic rings. The highest BCUT2D eigenvalue weighted by atomic mass is 16.6. The predicted molar refractivity (Wildman–Crippen MR) is 71.6 cm³/mol. The Morgan fingerprint density at radius 3 is 2.78 bits per heavy atom. The second-order valence-corrected chi connectivity index (χ2v) is 5.55. The summed E-state index contributed by atoms with van der Waals surface area (Å²) < 4.78 is 5.40. The number of hydrogen-bond acceptors (Lipinski definition) is 3. The molecule has 1 heterocycles. The van der Waals surface area contributed by atoms with Crippen LogP contribution in [0.2, 0.25) is 0 Å². The average Bonchev–Trinajstić information content (AvgIpc) is 2.69. The number of hydrogen-bond donors (Lipinski definition) is 1. The van der Waals surface area contributed by atoms with Crippen molar-refractivity contribution in [3.05, 3.63) is 29.3 Å². The molecular formula is C14H20N2O2. The fourth-order valence-corrected chi connectivity index (χ4v) is 2.09. The molecule has 98 valence electrons. The number of nitrogens with two attached hydrogens (primary N) is 1. The third-order valence-electron chi connectivity index (χ3n) is 2.89. The average molecular weight is 248 g/mol. The summed E-state index contributed by atoms with van der Waals surface area (Å²) >= 11 is 0. The molecule has 0 saturated heterocycles. The summed E-state index contributed by atoms with van der Waals surface area (Å²) in [6, 6.07) is 5.98. The third kappa shape index (κ3) is 2.64. The van der Waals surface area contributed by atoms with E-state index < -0.39 is 5.60 Å². The van der Waals surface area contributed by atoms with Gasteiger partial charge in [0.2, 0.25) is 0 Å². The highest BCUT2D eigenvalue weighted by Crippen LogP contribution is 2.30. The van der Waals surface area contributed by atoms with E-state index >= 15 is 0 Å². The molecule has 0 spiro atoms. The maximum Gasteiger partial charge on any atom is 0.414 e. The van der Waals surface area contributed by atoms with Gasteiger partial charge in [0, 0.05) is 13.1 Å². The van der Waals surface area contributed by atoms with Crippen molar-refractivity contribution in [2.75, 3.05) is 11.4 Å². The van der Waals surface area contributed by atoms with Gasteiger partial charge in [0.1, 0.15) is 5.60 Å². The van der Waals surface area contributed by atoms with Gasteiger partial charge in [-0.15, -0.1) is 0 Å². The van der Waals surface area contributed by atoms with Gasteiger partial charge in [-0.2, -0.15) is 0 Å². The van der Waals surface area contributed by atoms with Crippen LogP contribution < -0.4 is 10.6 Å². The first-order valence-electron chi connectivity index (χ1n) is 6.23. The van der Waals surface area contributed by atoms with E-state index in [4.69, 9.17) is 10.5 Å². The fraction of sp³-hybridized carbons (Fsp3) is 0.500. The number of carbonyl (C=O) groups excluding carboxylic acids is 1. The highest BCUT2D eigenvalue weighted by molar-refractivity contribution is 5.90. The second-order valence-electron chi connectivity index (χ2n) is 5.55. The van der Waals surface area contributed by atoms with E-state index in [1.54, 1.807) is 4.90 Å². The predicted octanol–water partition coefficient (Wildman–Crippen LogP) is 2.44. The number of ether oxygens (including phenoxy) is 1. The van der Waals surface area contributed by atoms with Gasteiger partial charge in [0.25, 0.3) is 0 Å². The monoisotopic (exact) mass is 248 g/mol. The zero-order valence-electron chi connectivity index (χ0n) is 11.2. The normalized spacial score (nSPS) is 14.6. The van der Waals surface area contributed by atoms with Crippen molar-refractivity contribution in [2.24, 2.45) is 5.73 Å². The van der Waals surface area contributed by atoms with Gasteiger partial charge < -0.3 is 10.5 Å². The Labute approximate surface area is 108 Å². The molecule has 0 aliphatic carbocycles. The maximum atomic E-state index is 12.1. The molecule has 2 N–H and O–H groups in total. The van der Waals surface area contributed by atoms with Gasteiger partial charge in [0.05, 0.1) is 5.69 Å². The zero-order chi connectivity index (χ0) is 13.3. The molecule has 1 aromatic rings. The van der Waals surface area contributed by atoms with Gasteiger partial charge in [-0.05, 0) is 44.4 Å². The Balaban J connectivity index is 2.19. The van der Waals surface area contributed by atoms with E-state index in [0.29, 0.717) is 13.1 Å². The molecular weight excluding hydrogens is 228 g/mol. The van der Waals surface area contributed by atoms with Crippen molar-refractivity contribution in [2.45, 2.75) is 39.3 Å². The van der Waals surface area contributed by atoms with E-state index in [1.807, 2.05) is 32.9 Å². The molecule has 4 nitrogen and oxygen atoms in total. The molecule has 0 aromatic heterocycles. The Bertz CT molecular complexity index is 463. The molecule has 1 amide bonds. The minimum atomic E-state index is -0.461. The Hall–Kier alpha value is -1.55. The molecule has 1 aromatic carbocycles. The van der Waals surface area contributed by atoms with Crippen molar-refractivity contribution >= 4 is 11.8 Å². The number of fused-ring (bicyclic) bond motifs is 1. The van der Waals surface area contributed by atoms with Gasteiger partial charge in [-0.1, -0.05) is 12.1 Å². The number of amides is 1. The lowest BCUT2D eigenvalue weighted by atomic mass is 10.1. The third-order valence-corrected chi connectivity index (χ3v) is 2.89. The molecule has 18 heavy (non-hydrogen) atoms. The summed E-state index contributed by atoms with van der Waals surface area (Å²) in [5, 5.41) is 0. The van der Waals surface area contributed by atoms with Crippen LogP contribution in [-0.4, -0.2) is 18.2 Å². The second kappa shape index (κ2) is 4.61. The first-order chi connectivity index (χ1) is 8.40. The highest BCUT2D eigenvalue weighted by Gasteiger charge is 2.28. The number of benzene rings is 1. The lowest BCUT2D eigenvalue weighted by Crippen LogP contribution is -2.35. The first kappa shape index (κ1) is 12.9. The van der Waals surface area contributed by atoms with E-state index in [0.717, 1.165) is 17.7 Å². The molecule has 0 fully saturated rings. The van der Waals surface area contributed by atoms with E-state index in [9.17, 15) is 4.79 Å². The Kier molecular flexibility index (Phi) is 3.30. The molecule has 0 atom stereocenters. The van der Waals surface area contributed by atoms with Crippen molar-refractivity contribution in [1.29, 1.82) is 0 Å². The first-order valence-corrected chi connectivity index (χ1v) is 6.23. The van der Waals surface area contributed by atoms with Crippen LogP contribution in [0, 0.1) is 0 Å². The number of anilines is 1. The minimum Gasteiger partial charge on any atom is -0.443 e. The summed E-state index contributed by atoms with van der Waals surface area (Å²) in [5.74, 6) is 0. The van der Waals surface area contributed by atoms with Gasteiger partial charge >= 0.3 is 6.09 Å². The molecule has 1 aliphatic heterocycles. The number of nitrogens with zero attached hydrogens (tertiary/aromatic N) is 1. The van der Waals surface area contributed by atoms with Crippen LogP contribution in [0.15, 0.2) is 18.2 Å². The van der Waals surface area contributed by atoms with Crippen molar-refractivity contribution in [3.63, 3.8) is 0 Å². The van der Waals surface area contributed by atoms with Crippen molar-refractivity contribution in [1.82, 2.24) is 0 Å². The largest absolute Gasteiger partial charge is 0.443 e. The zero-order valence-corrected chi connectivity index (χ0v) is 11.2. The van der Waals surface area contributed by atoms with Crippen LogP contribution in [0.3, 0.4) is 0 Å². The number of carbonyl (C=O) groups is 1. The van der Waals surface area contributed by atoms with Crippen LogP contribution in [0.25, 0.3) is 0 Å². The van der Waals surface area contributed by atoms with Gasteiger partial charge in [0.15, 0.2) is 0 Å². The molecule has 0 saturated carbocycles. The Morgan fingerprint density at radius 2 is 2.17 bits per heavy atom. The summed E-state index contributed by atoms with van der Waals surface area (Å²) in [7, 11) is 0. The van der Waals surface area contributed by atoms with Crippen molar-refractivity contribution < 1.29 is 9.53 Å². The summed E-state index contributed by atoms with van der Waals surface area (Å²) in [4.78, 5) is 13.8. The summed E-state index contributed by atoms with van der Waals surface area (Å²) in [6.45, 7) is 6.83. The van der Waals surface area contributed by atoms with Gasteiger partial charge in [-0.3, -0.25) is 4.90 Å². The molecule has 0 radical (unpaired) electrons. The molecule has 0 unspecified atom stereocenters. The van der Waals surface area contributed by atoms with Crippen molar-refractivity contribution in [3.8, 4) is 0 Å². The molecule has 2 rings (SSSR count). The lowest BCUT2D eigenvalue weighted by Gasteiger charge is -2.24. The van der Waals surface area contributed by atoms with E-state index in [-0.39, 0.29) is 6.09 Å². The minimum absolute atomic E-state index is 0.276.